The van der Waals surface area contributed by atoms with Crippen molar-refractivity contribution in [3.63, 3.8) is 0 Å². The Labute approximate surface area is 125 Å². The van der Waals surface area contributed by atoms with Crippen molar-refractivity contribution in [2.45, 2.75) is 20.3 Å². The number of aromatic amines is 1. The predicted octanol–water partition coefficient (Wildman–Crippen LogP) is 1.92. The van der Waals surface area contributed by atoms with Gasteiger partial charge in [-0.1, -0.05) is 12.1 Å². The third-order valence-electron chi connectivity index (χ3n) is 3.64. The van der Waals surface area contributed by atoms with E-state index in [1.807, 2.05) is 38.2 Å². The lowest BCUT2D eigenvalue weighted by atomic mass is 10.1. The van der Waals surface area contributed by atoms with E-state index in [0.717, 1.165) is 17.3 Å². The molecule has 1 aromatic carbocycles. The molecule has 0 radical (unpaired) electrons. The van der Waals surface area contributed by atoms with Crippen LogP contribution in [0.2, 0.25) is 0 Å². The van der Waals surface area contributed by atoms with Crippen molar-refractivity contribution in [2.75, 3.05) is 26.2 Å². The number of ether oxygens (including phenoxy) is 1. The molecular weight excluding hydrogens is 266 g/mol. The molecule has 2 rings (SSSR count). The molecule has 2 aromatic rings. The fourth-order valence-corrected chi connectivity index (χ4v) is 2.47. The Morgan fingerprint density at radius 3 is 2.76 bits per heavy atom. The largest absolute Gasteiger partial charge is 0.482 e. The molecule has 5 nitrogen and oxygen atoms in total. The van der Waals surface area contributed by atoms with Gasteiger partial charge in [-0.3, -0.25) is 4.79 Å². The van der Waals surface area contributed by atoms with Crippen molar-refractivity contribution < 1.29 is 9.53 Å². The number of nitrogens with zero attached hydrogens (tertiary/aromatic N) is 1. The maximum Gasteiger partial charge on any atom is 0.260 e. The molecule has 0 bridgehead atoms. The number of carbonyl (C=O) groups excluding carboxylic acids is 1. The molecule has 0 aliphatic heterocycles. The zero-order valence-corrected chi connectivity index (χ0v) is 12.7. The molecule has 1 heterocycles. The number of hydrogen-bond donors (Lipinski definition) is 2. The second-order valence-corrected chi connectivity index (χ2v) is 4.89. The quantitative estimate of drug-likeness (QED) is 0.818. The van der Waals surface area contributed by atoms with Crippen LogP contribution in [0, 0.1) is 0 Å². The molecule has 0 aliphatic carbocycles. The van der Waals surface area contributed by atoms with Crippen LogP contribution in [0.4, 0.5) is 0 Å². The predicted molar refractivity (Wildman–Crippen MR) is 84.5 cm³/mol. The minimum absolute atomic E-state index is 0.00532. The van der Waals surface area contributed by atoms with Crippen molar-refractivity contribution in [3.8, 4) is 5.75 Å². The molecule has 0 spiro atoms. The van der Waals surface area contributed by atoms with E-state index in [9.17, 15) is 4.79 Å². The van der Waals surface area contributed by atoms with Crippen molar-refractivity contribution in [1.29, 1.82) is 0 Å². The van der Waals surface area contributed by atoms with Gasteiger partial charge in [-0.05, 0) is 38.4 Å². The maximum absolute atomic E-state index is 12.0. The summed E-state index contributed by atoms with van der Waals surface area (Å²) in [5.41, 5.74) is 7.71. The fraction of sp³-hybridized carbons (Fsp3) is 0.438. The number of rotatable bonds is 7. The van der Waals surface area contributed by atoms with E-state index in [4.69, 9.17) is 10.5 Å². The molecule has 5 heteroatoms. The Morgan fingerprint density at radius 2 is 2.10 bits per heavy atom. The topological polar surface area (TPSA) is 71.3 Å². The molecule has 0 aliphatic rings. The molecular formula is C16H23N3O2. The molecule has 0 saturated carbocycles. The zero-order valence-electron chi connectivity index (χ0n) is 12.7. The van der Waals surface area contributed by atoms with Crippen molar-refractivity contribution in [1.82, 2.24) is 9.88 Å². The summed E-state index contributed by atoms with van der Waals surface area (Å²) in [5.74, 6) is 0.710. The van der Waals surface area contributed by atoms with Gasteiger partial charge < -0.3 is 20.4 Å². The normalized spacial score (nSPS) is 10.8. The molecule has 0 unspecified atom stereocenters. The number of aromatic nitrogens is 1. The van der Waals surface area contributed by atoms with Crippen molar-refractivity contribution >= 4 is 16.8 Å². The van der Waals surface area contributed by atoms with Gasteiger partial charge in [0.25, 0.3) is 5.91 Å². The lowest BCUT2D eigenvalue weighted by Gasteiger charge is -2.18. The number of para-hydroxylation sites is 1. The van der Waals surface area contributed by atoms with Crippen molar-refractivity contribution in [3.05, 3.63) is 30.0 Å². The van der Waals surface area contributed by atoms with Gasteiger partial charge in [0.05, 0.1) is 5.52 Å². The number of carbonyl (C=O) groups is 1. The third-order valence-corrected chi connectivity index (χ3v) is 3.64. The number of nitrogens with one attached hydrogen (secondary N) is 1. The zero-order chi connectivity index (χ0) is 15.2. The smallest absolute Gasteiger partial charge is 0.260 e. The van der Waals surface area contributed by atoms with Gasteiger partial charge in [0.2, 0.25) is 0 Å². The van der Waals surface area contributed by atoms with E-state index >= 15 is 0 Å². The second kappa shape index (κ2) is 7.13. The standard InChI is InChI=1S/C16H23N3O2/c1-3-19(4-2)15(20)11-21-14-7-5-6-13-12(8-9-17)10-18-16(13)14/h5-7,10,18H,3-4,8-9,11,17H2,1-2H3. The molecule has 0 atom stereocenters. The van der Waals surface area contributed by atoms with Crippen LogP contribution in [-0.2, 0) is 11.2 Å². The lowest BCUT2D eigenvalue weighted by Crippen LogP contribution is -2.34. The molecule has 1 amide bonds. The van der Waals surface area contributed by atoms with E-state index in [2.05, 4.69) is 4.98 Å². The van der Waals surface area contributed by atoms with Gasteiger partial charge in [-0.15, -0.1) is 0 Å². The average Bonchev–Trinajstić information content (AvgIpc) is 2.91. The minimum atomic E-state index is 0.00532. The molecule has 3 N–H and O–H groups in total. The summed E-state index contributed by atoms with van der Waals surface area (Å²) in [6, 6.07) is 5.85. The Kier molecular flexibility index (Phi) is 5.22. The summed E-state index contributed by atoms with van der Waals surface area (Å²) in [7, 11) is 0. The Balaban J connectivity index is 2.14. The second-order valence-electron chi connectivity index (χ2n) is 4.89. The number of amides is 1. The van der Waals surface area contributed by atoms with Crippen LogP contribution >= 0.6 is 0 Å². The summed E-state index contributed by atoms with van der Waals surface area (Å²) < 4.78 is 5.70. The minimum Gasteiger partial charge on any atom is -0.482 e. The molecule has 114 valence electrons. The highest BCUT2D eigenvalue weighted by Gasteiger charge is 2.12. The van der Waals surface area contributed by atoms with Crippen LogP contribution in [0.25, 0.3) is 10.9 Å². The molecule has 0 saturated heterocycles. The summed E-state index contributed by atoms with van der Waals surface area (Å²) in [5, 5.41) is 1.10. The number of likely N-dealkylation sites (N-methyl/N-ethyl adjacent to an activating group) is 1. The SMILES string of the molecule is CCN(CC)C(=O)COc1cccc2c(CCN)c[nH]c12. The third kappa shape index (κ3) is 3.36. The first-order valence-electron chi connectivity index (χ1n) is 7.40. The van der Waals surface area contributed by atoms with Crippen LogP contribution in [0.3, 0.4) is 0 Å². The van der Waals surface area contributed by atoms with Crippen LogP contribution in [0.5, 0.6) is 5.75 Å². The molecule has 21 heavy (non-hydrogen) atoms. The van der Waals surface area contributed by atoms with Gasteiger partial charge in [-0.2, -0.15) is 0 Å². The highest BCUT2D eigenvalue weighted by molar-refractivity contribution is 5.88. The Hall–Kier alpha value is -2.01. The number of nitrogens with two attached hydrogens (primary N) is 1. The Bertz CT molecular complexity index is 603. The van der Waals surface area contributed by atoms with Crippen LogP contribution in [0.1, 0.15) is 19.4 Å². The summed E-state index contributed by atoms with van der Waals surface area (Å²) >= 11 is 0. The number of hydrogen-bond acceptors (Lipinski definition) is 3. The van der Waals surface area contributed by atoms with Gasteiger partial charge in [-0.25, -0.2) is 0 Å². The van der Waals surface area contributed by atoms with E-state index in [1.165, 1.54) is 5.56 Å². The average molecular weight is 289 g/mol. The highest BCUT2D eigenvalue weighted by atomic mass is 16.5. The first-order valence-corrected chi connectivity index (χ1v) is 7.40. The first-order chi connectivity index (χ1) is 10.2. The lowest BCUT2D eigenvalue weighted by molar-refractivity contribution is -0.132. The van der Waals surface area contributed by atoms with Gasteiger partial charge in [0.15, 0.2) is 6.61 Å². The van der Waals surface area contributed by atoms with E-state index in [1.54, 1.807) is 4.90 Å². The number of fused-ring (bicyclic) bond motifs is 1. The van der Waals surface area contributed by atoms with Gasteiger partial charge in [0.1, 0.15) is 5.75 Å². The van der Waals surface area contributed by atoms with E-state index < -0.39 is 0 Å². The van der Waals surface area contributed by atoms with Gasteiger partial charge in [0, 0.05) is 24.7 Å². The molecule has 1 aromatic heterocycles. The summed E-state index contributed by atoms with van der Waals surface area (Å²) in [4.78, 5) is 17.0. The summed E-state index contributed by atoms with van der Waals surface area (Å²) in [6.45, 7) is 6.00. The number of H-pyrrole nitrogens is 1. The fourth-order valence-electron chi connectivity index (χ4n) is 2.47. The van der Waals surface area contributed by atoms with Crippen LogP contribution < -0.4 is 10.5 Å². The van der Waals surface area contributed by atoms with Crippen LogP contribution in [0.15, 0.2) is 24.4 Å². The molecule has 0 fully saturated rings. The van der Waals surface area contributed by atoms with Gasteiger partial charge >= 0.3 is 0 Å². The monoisotopic (exact) mass is 289 g/mol. The van der Waals surface area contributed by atoms with Crippen LogP contribution in [-0.4, -0.2) is 42.0 Å². The first kappa shape index (κ1) is 15.4. The number of benzene rings is 1. The maximum atomic E-state index is 12.0. The highest BCUT2D eigenvalue weighted by Crippen LogP contribution is 2.27. The van der Waals surface area contributed by atoms with Crippen molar-refractivity contribution in [2.24, 2.45) is 5.73 Å². The van der Waals surface area contributed by atoms with E-state index in [-0.39, 0.29) is 12.5 Å². The Morgan fingerprint density at radius 1 is 1.33 bits per heavy atom. The summed E-state index contributed by atoms with van der Waals surface area (Å²) in [6.07, 6.45) is 2.78. The van der Waals surface area contributed by atoms with E-state index in [0.29, 0.717) is 25.4 Å².